The van der Waals surface area contributed by atoms with E-state index < -0.39 is 23.6 Å². The average Bonchev–Trinajstić information content (AvgIpc) is 2.78. The van der Waals surface area contributed by atoms with E-state index in [0.717, 1.165) is 17.0 Å². The molecule has 0 aliphatic carbocycles. The summed E-state index contributed by atoms with van der Waals surface area (Å²) in [6, 6.07) is 2.34. The number of methoxy groups -OCH3 is 1. The Morgan fingerprint density at radius 3 is 2.70 bits per heavy atom. The SMILES string of the molecule is COC(=O)c1cc(C)c(F)cc1NC1=CC(=O)N(CCO)C1=O. The topological polar surface area (TPSA) is 95.9 Å². The molecule has 0 unspecified atom stereocenters. The molecule has 0 saturated carbocycles. The number of hydrogen-bond acceptors (Lipinski definition) is 6. The molecule has 0 spiro atoms. The number of esters is 1. The van der Waals surface area contributed by atoms with Crippen LogP contribution in [0.3, 0.4) is 0 Å². The van der Waals surface area contributed by atoms with Crippen LogP contribution in [0.5, 0.6) is 0 Å². The molecule has 0 aromatic heterocycles. The Kier molecular flexibility index (Phi) is 4.75. The minimum absolute atomic E-state index is 0.0122. The summed E-state index contributed by atoms with van der Waals surface area (Å²) in [6.45, 7) is 0.967. The van der Waals surface area contributed by atoms with Gasteiger partial charge in [-0.3, -0.25) is 14.5 Å². The first-order valence-corrected chi connectivity index (χ1v) is 6.73. The number of anilines is 1. The number of rotatable bonds is 5. The van der Waals surface area contributed by atoms with Crippen LogP contribution in [0.4, 0.5) is 10.1 Å². The van der Waals surface area contributed by atoms with Gasteiger partial charge < -0.3 is 15.2 Å². The lowest BCUT2D eigenvalue weighted by atomic mass is 10.1. The van der Waals surface area contributed by atoms with Crippen LogP contribution in [0, 0.1) is 12.7 Å². The van der Waals surface area contributed by atoms with Crippen LogP contribution in [0.15, 0.2) is 23.9 Å². The number of ether oxygens (including phenoxy) is 1. The number of nitrogens with one attached hydrogen (secondary N) is 1. The number of benzene rings is 1. The minimum Gasteiger partial charge on any atom is -0.465 e. The van der Waals surface area contributed by atoms with Crippen LogP contribution < -0.4 is 5.32 Å². The maximum Gasteiger partial charge on any atom is 0.339 e. The second kappa shape index (κ2) is 6.57. The number of aryl methyl sites for hydroxylation is 1. The first-order valence-electron chi connectivity index (χ1n) is 6.73. The fourth-order valence-electron chi connectivity index (χ4n) is 2.12. The van der Waals surface area contributed by atoms with E-state index in [0.29, 0.717) is 0 Å². The molecule has 1 aliphatic rings. The maximum atomic E-state index is 13.8. The number of aliphatic hydroxyl groups excluding tert-OH is 1. The number of imide groups is 1. The lowest BCUT2D eigenvalue weighted by Gasteiger charge is -2.15. The second-order valence-corrected chi connectivity index (χ2v) is 4.84. The Hall–Kier alpha value is -2.74. The molecule has 122 valence electrons. The molecular formula is C15H15FN2O5. The highest BCUT2D eigenvalue weighted by molar-refractivity contribution is 6.17. The molecule has 1 aromatic rings. The highest BCUT2D eigenvalue weighted by Gasteiger charge is 2.31. The fourth-order valence-corrected chi connectivity index (χ4v) is 2.12. The molecule has 1 aromatic carbocycles. The smallest absolute Gasteiger partial charge is 0.339 e. The molecule has 0 saturated heterocycles. The van der Waals surface area contributed by atoms with Crippen molar-refractivity contribution in [2.45, 2.75) is 6.92 Å². The van der Waals surface area contributed by atoms with Crippen LogP contribution >= 0.6 is 0 Å². The van der Waals surface area contributed by atoms with Crippen LogP contribution in [0.25, 0.3) is 0 Å². The predicted octanol–water partition coefficient (Wildman–Crippen LogP) is 0.578. The molecule has 8 heteroatoms. The number of nitrogens with zero attached hydrogens (tertiary/aromatic N) is 1. The number of amides is 2. The van der Waals surface area contributed by atoms with Crippen LogP contribution in [0.1, 0.15) is 15.9 Å². The van der Waals surface area contributed by atoms with Gasteiger partial charge in [0.25, 0.3) is 11.8 Å². The number of carbonyl (C=O) groups is 3. The largest absolute Gasteiger partial charge is 0.465 e. The molecule has 0 fully saturated rings. The molecule has 2 amide bonds. The molecule has 7 nitrogen and oxygen atoms in total. The lowest BCUT2D eigenvalue weighted by Crippen LogP contribution is -2.34. The Morgan fingerprint density at radius 2 is 2.09 bits per heavy atom. The summed E-state index contributed by atoms with van der Waals surface area (Å²) in [5.74, 6) is -2.55. The maximum absolute atomic E-state index is 13.8. The van der Waals surface area contributed by atoms with E-state index in [9.17, 15) is 18.8 Å². The summed E-state index contributed by atoms with van der Waals surface area (Å²) in [4.78, 5) is 36.4. The molecule has 0 bridgehead atoms. The molecule has 2 N–H and O–H groups in total. The van der Waals surface area contributed by atoms with Crippen LogP contribution in [-0.4, -0.2) is 48.1 Å². The predicted molar refractivity (Wildman–Crippen MR) is 78.0 cm³/mol. The van der Waals surface area contributed by atoms with Gasteiger partial charge in [0.15, 0.2) is 0 Å². The standard InChI is InChI=1S/C15H15FN2O5/c1-8-5-9(15(22)23-2)11(6-10(8)16)17-12-7-13(20)18(3-4-19)14(12)21/h5-7,17,19H,3-4H2,1-2H3. The van der Waals surface area contributed by atoms with Gasteiger partial charge in [0.2, 0.25) is 0 Å². The van der Waals surface area contributed by atoms with Crippen molar-refractivity contribution in [3.8, 4) is 0 Å². The third-order valence-corrected chi connectivity index (χ3v) is 3.31. The zero-order valence-corrected chi connectivity index (χ0v) is 12.6. The Bertz CT molecular complexity index is 714. The van der Waals surface area contributed by atoms with E-state index in [4.69, 9.17) is 5.11 Å². The zero-order valence-electron chi connectivity index (χ0n) is 12.6. The van der Waals surface area contributed by atoms with Gasteiger partial charge in [0.1, 0.15) is 11.5 Å². The van der Waals surface area contributed by atoms with Crippen LogP contribution in [-0.2, 0) is 14.3 Å². The van der Waals surface area contributed by atoms with E-state index in [-0.39, 0.29) is 35.7 Å². The summed E-state index contributed by atoms with van der Waals surface area (Å²) in [6.07, 6.45) is 1.02. The van der Waals surface area contributed by atoms with E-state index in [1.807, 2.05) is 0 Å². The van der Waals surface area contributed by atoms with Crippen molar-refractivity contribution in [3.05, 3.63) is 40.8 Å². The van der Waals surface area contributed by atoms with Crippen LogP contribution in [0.2, 0.25) is 0 Å². The van der Waals surface area contributed by atoms with Gasteiger partial charge in [-0.1, -0.05) is 0 Å². The van der Waals surface area contributed by atoms with Gasteiger partial charge in [0.05, 0.1) is 31.5 Å². The van der Waals surface area contributed by atoms with Crippen molar-refractivity contribution in [2.24, 2.45) is 0 Å². The molecule has 23 heavy (non-hydrogen) atoms. The van der Waals surface area contributed by atoms with E-state index in [1.54, 1.807) is 0 Å². The third kappa shape index (κ3) is 3.21. The van der Waals surface area contributed by atoms with Gasteiger partial charge >= 0.3 is 5.97 Å². The quantitative estimate of drug-likeness (QED) is 0.608. The minimum atomic E-state index is -0.708. The first-order chi connectivity index (χ1) is 10.9. The monoisotopic (exact) mass is 322 g/mol. The Balaban J connectivity index is 2.35. The molecule has 1 aliphatic heterocycles. The number of β-amino-alcohol motifs (C(OH)–C–C–N with tert-alkyl or cyclic N) is 1. The molecule has 0 atom stereocenters. The lowest BCUT2D eigenvalue weighted by molar-refractivity contribution is -0.137. The Morgan fingerprint density at radius 1 is 1.39 bits per heavy atom. The zero-order chi connectivity index (χ0) is 17.1. The first kappa shape index (κ1) is 16.6. The third-order valence-electron chi connectivity index (χ3n) is 3.31. The molecular weight excluding hydrogens is 307 g/mol. The number of halogens is 1. The van der Waals surface area contributed by atoms with E-state index in [2.05, 4.69) is 10.1 Å². The average molecular weight is 322 g/mol. The van der Waals surface area contributed by atoms with E-state index >= 15 is 0 Å². The normalized spacial score (nSPS) is 14.1. The van der Waals surface area contributed by atoms with Crippen molar-refractivity contribution in [3.63, 3.8) is 0 Å². The summed E-state index contributed by atoms with van der Waals surface area (Å²) in [5.41, 5.74) is 0.170. The van der Waals surface area contributed by atoms with Crippen molar-refractivity contribution in [1.82, 2.24) is 4.90 Å². The van der Waals surface area contributed by atoms with E-state index in [1.165, 1.54) is 20.1 Å². The summed E-state index contributed by atoms with van der Waals surface area (Å²) in [7, 11) is 1.18. The fraction of sp³-hybridized carbons (Fsp3) is 0.267. The number of hydrogen-bond donors (Lipinski definition) is 2. The van der Waals surface area contributed by atoms with Crippen molar-refractivity contribution < 1.29 is 28.6 Å². The highest BCUT2D eigenvalue weighted by Crippen LogP contribution is 2.24. The molecule has 2 rings (SSSR count). The molecule has 0 radical (unpaired) electrons. The summed E-state index contributed by atoms with van der Waals surface area (Å²) >= 11 is 0. The van der Waals surface area contributed by atoms with Crippen molar-refractivity contribution in [1.29, 1.82) is 0 Å². The van der Waals surface area contributed by atoms with Gasteiger partial charge in [-0.25, -0.2) is 9.18 Å². The van der Waals surface area contributed by atoms with Crippen molar-refractivity contribution in [2.75, 3.05) is 25.6 Å². The number of carbonyl (C=O) groups excluding carboxylic acids is 3. The van der Waals surface area contributed by atoms with Crippen molar-refractivity contribution >= 4 is 23.5 Å². The van der Waals surface area contributed by atoms with Gasteiger partial charge in [-0.05, 0) is 24.6 Å². The Labute approximate surface area is 131 Å². The van der Waals surface area contributed by atoms with Gasteiger partial charge in [0, 0.05) is 6.08 Å². The van der Waals surface area contributed by atoms with Gasteiger partial charge in [-0.15, -0.1) is 0 Å². The summed E-state index contributed by atoms with van der Waals surface area (Å²) < 4.78 is 18.4. The number of aliphatic hydroxyl groups is 1. The molecule has 1 heterocycles. The second-order valence-electron chi connectivity index (χ2n) is 4.84. The summed E-state index contributed by atoms with van der Waals surface area (Å²) in [5, 5.41) is 11.4. The van der Waals surface area contributed by atoms with Gasteiger partial charge in [-0.2, -0.15) is 0 Å². The highest BCUT2D eigenvalue weighted by atomic mass is 19.1.